The highest BCUT2D eigenvalue weighted by Crippen LogP contribution is 2.27. The highest BCUT2D eigenvalue weighted by molar-refractivity contribution is 6.39. The van der Waals surface area contributed by atoms with Crippen molar-refractivity contribution in [3.8, 4) is 5.69 Å². The topological polar surface area (TPSA) is 71.4 Å². The number of imide groups is 2. The van der Waals surface area contributed by atoms with Crippen LogP contribution < -0.4 is 10.2 Å². The molecule has 4 rings (SSSR count). The average Bonchev–Trinajstić information content (AvgIpc) is 3.03. The van der Waals surface area contributed by atoms with E-state index in [4.69, 9.17) is 0 Å². The molecule has 6 nitrogen and oxygen atoms in total. The number of anilines is 1. The van der Waals surface area contributed by atoms with Gasteiger partial charge in [-0.2, -0.15) is 0 Å². The molecule has 4 amide bonds. The van der Waals surface area contributed by atoms with Crippen molar-refractivity contribution >= 4 is 29.6 Å². The van der Waals surface area contributed by atoms with Crippen molar-refractivity contribution in [2.45, 2.75) is 27.2 Å². The second-order valence-electron chi connectivity index (χ2n) is 7.58. The summed E-state index contributed by atoms with van der Waals surface area (Å²) in [5.74, 6) is -2.18. The van der Waals surface area contributed by atoms with Crippen LogP contribution in [0.1, 0.15) is 29.4 Å². The Morgan fingerprint density at radius 1 is 1.00 bits per heavy atom. The summed E-state index contributed by atoms with van der Waals surface area (Å²) in [6.07, 6.45) is 2.33. The molecule has 1 saturated heterocycles. The number of hydrogen-bond donors (Lipinski definition) is 1. The maximum atomic E-state index is 13.7. The standard InChI is InChI=1S/C25H22FN3O3/c1-4-17-8-5-6-11-22(17)28-15(2)12-18(16(28)3)13-21-23(30)27-25(32)29(24(21)31)20-10-7-9-19(26)14-20/h5-14H,4H2,1-3H3,(H,27,30,32)/b21-13+. The number of para-hydroxylation sites is 1. The normalized spacial score (nSPS) is 15.4. The molecule has 3 aromatic rings. The summed E-state index contributed by atoms with van der Waals surface area (Å²) in [6, 6.07) is 14.1. The number of halogens is 1. The number of aryl methyl sites for hydroxylation is 2. The van der Waals surface area contributed by atoms with Gasteiger partial charge in [-0.05, 0) is 67.8 Å². The van der Waals surface area contributed by atoms with Crippen LogP contribution in [0.5, 0.6) is 0 Å². The molecule has 32 heavy (non-hydrogen) atoms. The van der Waals surface area contributed by atoms with Crippen molar-refractivity contribution in [1.29, 1.82) is 0 Å². The van der Waals surface area contributed by atoms with Crippen molar-refractivity contribution in [3.05, 3.63) is 88.5 Å². The summed E-state index contributed by atoms with van der Waals surface area (Å²) in [6.45, 7) is 5.94. The van der Waals surface area contributed by atoms with Crippen LogP contribution in [0.25, 0.3) is 11.8 Å². The summed E-state index contributed by atoms with van der Waals surface area (Å²) >= 11 is 0. The Morgan fingerprint density at radius 3 is 2.47 bits per heavy atom. The largest absolute Gasteiger partial charge is 0.335 e. The molecule has 1 aliphatic heterocycles. The number of aromatic nitrogens is 1. The van der Waals surface area contributed by atoms with Gasteiger partial charge in [-0.1, -0.05) is 31.2 Å². The Morgan fingerprint density at radius 2 is 1.75 bits per heavy atom. The van der Waals surface area contributed by atoms with Gasteiger partial charge in [-0.25, -0.2) is 14.1 Å². The van der Waals surface area contributed by atoms with Crippen molar-refractivity contribution in [1.82, 2.24) is 9.88 Å². The molecule has 0 bridgehead atoms. The quantitative estimate of drug-likeness (QED) is 0.490. The molecule has 0 saturated carbocycles. The van der Waals surface area contributed by atoms with E-state index in [-0.39, 0.29) is 11.3 Å². The lowest BCUT2D eigenvalue weighted by molar-refractivity contribution is -0.122. The molecule has 162 valence electrons. The van der Waals surface area contributed by atoms with E-state index in [0.29, 0.717) is 5.56 Å². The SMILES string of the molecule is CCc1ccccc1-n1c(C)cc(/C=C2\C(=O)NC(=O)N(c3cccc(F)c3)C2=O)c1C. The monoisotopic (exact) mass is 431 g/mol. The molecule has 0 unspecified atom stereocenters. The van der Waals surface area contributed by atoms with Gasteiger partial charge in [-0.15, -0.1) is 0 Å². The Hall–Kier alpha value is -4.00. The minimum absolute atomic E-state index is 0.0493. The van der Waals surface area contributed by atoms with Crippen LogP contribution in [-0.2, 0) is 16.0 Å². The summed E-state index contributed by atoms with van der Waals surface area (Å²) in [5.41, 5.74) is 4.53. The van der Waals surface area contributed by atoms with E-state index in [0.717, 1.165) is 34.5 Å². The molecule has 0 spiro atoms. The molecule has 1 aliphatic rings. The number of hydrogen-bond acceptors (Lipinski definition) is 3. The molecule has 2 heterocycles. The zero-order valence-electron chi connectivity index (χ0n) is 18.0. The number of nitrogens with one attached hydrogen (secondary N) is 1. The average molecular weight is 431 g/mol. The van der Waals surface area contributed by atoms with E-state index in [2.05, 4.69) is 22.9 Å². The Labute approximate surface area is 185 Å². The molecule has 0 radical (unpaired) electrons. The first kappa shape index (κ1) is 21.2. The molecule has 0 atom stereocenters. The summed E-state index contributed by atoms with van der Waals surface area (Å²) in [5, 5.41) is 2.17. The lowest BCUT2D eigenvalue weighted by atomic mass is 10.1. The number of rotatable bonds is 4. The third-order valence-corrected chi connectivity index (χ3v) is 5.55. The minimum Gasteiger partial charge on any atom is -0.318 e. The van der Waals surface area contributed by atoms with E-state index in [1.807, 2.05) is 38.1 Å². The van der Waals surface area contributed by atoms with Gasteiger partial charge in [0.05, 0.1) is 5.69 Å². The molecule has 1 N–H and O–H groups in total. The van der Waals surface area contributed by atoms with E-state index < -0.39 is 23.7 Å². The van der Waals surface area contributed by atoms with Gasteiger partial charge < -0.3 is 4.57 Å². The van der Waals surface area contributed by atoms with Gasteiger partial charge in [0.15, 0.2) is 0 Å². The number of barbiturate groups is 1. The van der Waals surface area contributed by atoms with Gasteiger partial charge in [0.25, 0.3) is 11.8 Å². The molecular weight excluding hydrogens is 409 g/mol. The fraction of sp³-hybridized carbons (Fsp3) is 0.160. The summed E-state index contributed by atoms with van der Waals surface area (Å²) < 4.78 is 15.7. The van der Waals surface area contributed by atoms with Crippen molar-refractivity contribution in [2.75, 3.05) is 4.90 Å². The van der Waals surface area contributed by atoms with Gasteiger partial charge in [0.1, 0.15) is 11.4 Å². The van der Waals surface area contributed by atoms with Crippen molar-refractivity contribution in [3.63, 3.8) is 0 Å². The summed E-state index contributed by atoms with van der Waals surface area (Å²) in [4.78, 5) is 38.7. The molecule has 7 heteroatoms. The van der Waals surface area contributed by atoms with Crippen LogP contribution in [0, 0.1) is 19.7 Å². The van der Waals surface area contributed by atoms with Crippen LogP contribution in [0.4, 0.5) is 14.9 Å². The fourth-order valence-corrected chi connectivity index (χ4v) is 4.00. The number of amides is 4. The lowest BCUT2D eigenvalue weighted by Crippen LogP contribution is -2.54. The van der Waals surface area contributed by atoms with Gasteiger partial charge in [0.2, 0.25) is 0 Å². The zero-order valence-corrected chi connectivity index (χ0v) is 18.0. The Balaban J connectivity index is 1.79. The highest BCUT2D eigenvalue weighted by atomic mass is 19.1. The predicted molar refractivity (Wildman–Crippen MR) is 120 cm³/mol. The van der Waals surface area contributed by atoms with Gasteiger partial charge in [-0.3, -0.25) is 14.9 Å². The smallest absolute Gasteiger partial charge is 0.318 e. The fourth-order valence-electron chi connectivity index (χ4n) is 4.00. The highest BCUT2D eigenvalue weighted by Gasteiger charge is 2.37. The van der Waals surface area contributed by atoms with E-state index in [1.54, 1.807) is 0 Å². The number of benzene rings is 2. The third kappa shape index (κ3) is 3.62. The number of carbonyl (C=O) groups excluding carboxylic acids is 3. The van der Waals surface area contributed by atoms with Crippen molar-refractivity contribution in [2.24, 2.45) is 0 Å². The van der Waals surface area contributed by atoms with Crippen LogP contribution in [0.15, 0.2) is 60.2 Å². The zero-order chi connectivity index (χ0) is 23.0. The van der Waals surface area contributed by atoms with E-state index in [9.17, 15) is 18.8 Å². The Kier molecular flexibility index (Phi) is 5.48. The second kappa shape index (κ2) is 8.26. The number of carbonyl (C=O) groups is 3. The first-order valence-electron chi connectivity index (χ1n) is 10.3. The third-order valence-electron chi connectivity index (χ3n) is 5.55. The molecule has 2 aromatic carbocycles. The molecule has 1 aromatic heterocycles. The first-order valence-corrected chi connectivity index (χ1v) is 10.3. The van der Waals surface area contributed by atoms with Crippen LogP contribution in [-0.4, -0.2) is 22.4 Å². The predicted octanol–water partition coefficient (Wildman–Crippen LogP) is 4.46. The molecular formula is C25H22FN3O3. The minimum atomic E-state index is -0.912. The lowest BCUT2D eigenvalue weighted by Gasteiger charge is -2.26. The maximum absolute atomic E-state index is 13.7. The first-order chi connectivity index (χ1) is 15.3. The molecule has 0 aliphatic carbocycles. The van der Waals surface area contributed by atoms with E-state index in [1.165, 1.54) is 29.8 Å². The maximum Gasteiger partial charge on any atom is 0.335 e. The van der Waals surface area contributed by atoms with Crippen LogP contribution in [0.2, 0.25) is 0 Å². The molecule has 1 fully saturated rings. The second-order valence-corrected chi connectivity index (χ2v) is 7.58. The van der Waals surface area contributed by atoms with Crippen LogP contribution in [0.3, 0.4) is 0 Å². The van der Waals surface area contributed by atoms with Crippen molar-refractivity contribution < 1.29 is 18.8 Å². The summed E-state index contributed by atoms with van der Waals surface area (Å²) in [7, 11) is 0. The van der Waals surface area contributed by atoms with Gasteiger partial charge >= 0.3 is 6.03 Å². The van der Waals surface area contributed by atoms with Gasteiger partial charge in [0, 0.05) is 17.1 Å². The number of nitrogens with zero attached hydrogens (tertiary/aromatic N) is 2. The Bertz CT molecular complexity index is 1290. The van der Waals surface area contributed by atoms with E-state index >= 15 is 0 Å². The van der Waals surface area contributed by atoms with Crippen LogP contribution >= 0.6 is 0 Å². The number of urea groups is 1.